The summed E-state index contributed by atoms with van der Waals surface area (Å²) in [6.45, 7) is 7.80. The van der Waals surface area contributed by atoms with Crippen LogP contribution in [-0.4, -0.2) is 40.0 Å². The molecule has 0 radical (unpaired) electrons. The third-order valence-electron chi connectivity index (χ3n) is 5.81. The number of benzene rings is 2. The minimum atomic E-state index is -0.435. The molecule has 0 atom stereocenters. The molecule has 1 aromatic heterocycles. The lowest BCUT2D eigenvalue weighted by Crippen LogP contribution is -2.28. The number of ether oxygens (including phenoxy) is 1. The van der Waals surface area contributed by atoms with E-state index in [2.05, 4.69) is 4.99 Å². The number of thioether (sulfide) groups is 1. The van der Waals surface area contributed by atoms with E-state index >= 15 is 0 Å². The lowest BCUT2D eigenvalue weighted by atomic mass is 10.0. The number of amidine groups is 1. The van der Waals surface area contributed by atoms with Crippen LogP contribution in [0.4, 0.5) is 11.4 Å². The van der Waals surface area contributed by atoms with Gasteiger partial charge in [-0.2, -0.15) is 0 Å². The highest BCUT2D eigenvalue weighted by molar-refractivity contribution is 8.18. The van der Waals surface area contributed by atoms with Crippen molar-refractivity contribution in [3.63, 3.8) is 0 Å². The number of rotatable bonds is 7. The first-order chi connectivity index (χ1) is 17.7. The van der Waals surface area contributed by atoms with Crippen molar-refractivity contribution in [2.24, 2.45) is 4.99 Å². The zero-order valence-corrected chi connectivity index (χ0v) is 21.6. The fourth-order valence-corrected chi connectivity index (χ4v) is 4.83. The molecule has 1 amide bonds. The van der Waals surface area contributed by atoms with E-state index in [4.69, 9.17) is 9.15 Å². The molecule has 37 heavy (non-hydrogen) atoms. The number of nitro groups is 1. The van der Waals surface area contributed by atoms with Crippen molar-refractivity contribution in [3.05, 3.63) is 86.0 Å². The van der Waals surface area contributed by atoms with Crippen LogP contribution in [0.3, 0.4) is 0 Å². The molecule has 1 aliphatic heterocycles. The predicted molar refractivity (Wildman–Crippen MR) is 143 cm³/mol. The Balaban J connectivity index is 1.62. The molecule has 0 aliphatic carbocycles. The number of furan rings is 1. The zero-order chi connectivity index (χ0) is 26.7. The van der Waals surface area contributed by atoms with Gasteiger partial charge in [-0.05, 0) is 81.4 Å². The Hall–Kier alpha value is -4.18. The van der Waals surface area contributed by atoms with Gasteiger partial charge in [0, 0.05) is 29.8 Å². The second kappa shape index (κ2) is 10.8. The SMILES string of the molecule is CCOC(=O)c1cccc(N=C2SC(=Cc3ccc(-c4cc(C)c(C)c([N+](=O)[O-])c4)o3)C(=O)N2CC)c1. The first kappa shape index (κ1) is 25.9. The van der Waals surface area contributed by atoms with Crippen LogP contribution in [0.2, 0.25) is 0 Å². The molecule has 0 saturated carbocycles. The van der Waals surface area contributed by atoms with Crippen LogP contribution in [0.25, 0.3) is 17.4 Å². The number of amides is 1. The molecule has 9 nitrogen and oxygen atoms in total. The molecule has 4 rings (SSSR count). The summed E-state index contributed by atoms with van der Waals surface area (Å²) < 4.78 is 11.0. The van der Waals surface area contributed by atoms with Gasteiger partial charge >= 0.3 is 5.97 Å². The maximum Gasteiger partial charge on any atom is 0.338 e. The number of nitro benzene ring substituents is 1. The van der Waals surface area contributed by atoms with Gasteiger partial charge in [0.05, 0.1) is 27.7 Å². The third kappa shape index (κ3) is 5.49. The number of aryl methyl sites for hydroxylation is 1. The van der Waals surface area contributed by atoms with E-state index in [1.807, 2.05) is 19.9 Å². The Morgan fingerprint density at radius 2 is 1.97 bits per heavy atom. The summed E-state index contributed by atoms with van der Waals surface area (Å²) in [6.07, 6.45) is 1.63. The zero-order valence-electron chi connectivity index (χ0n) is 20.8. The number of carbonyl (C=O) groups is 2. The Morgan fingerprint density at radius 1 is 1.19 bits per heavy atom. The van der Waals surface area contributed by atoms with Gasteiger partial charge in [-0.25, -0.2) is 9.79 Å². The summed E-state index contributed by atoms with van der Waals surface area (Å²) in [5.74, 6) is 0.252. The smallest absolute Gasteiger partial charge is 0.338 e. The first-order valence-electron chi connectivity index (χ1n) is 11.6. The van der Waals surface area contributed by atoms with E-state index in [0.29, 0.717) is 50.5 Å². The van der Waals surface area contributed by atoms with Gasteiger partial charge < -0.3 is 9.15 Å². The minimum Gasteiger partial charge on any atom is -0.462 e. The monoisotopic (exact) mass is 519 g/mol. The van der Waals surface area contributed by atoms with Gasteiger partial charge in [-0.1, -0.05) is 6.07 Å². The van der Waals surface area contributed by atoms with Crippen LogP contribution in [0, 0.1) is 24.0 Å². The molecule has 1 aliphatic rings. The molecule has 2 heterocycles. The van der Waals surface area contributed by atoms with Crippen molar-refractivity contribution in [1.29, 1.82) is 0 Å². The van der Waals surface area contributed by atoms with Crippen LogP contribution >= 0.6 is 11.8 Å². The highest BCUT2D eigenvalue weighted by Crippen LogP contribution is 2.36. The number of hydrogen-bond donors (Lipinski definition) is 0. The van der Waals surface area contributed by atoms with Crippen molar-refractivity contribution >= 4 is 46.3 Å². The average Bonchev–Trinajstić information content (AvgIpc) is 3.45. The van der Waals surface area contributed by atoms with E-state index in [1.54, 1.807) is 61.2 Å². The molecule has 10 heteroatoms. The van der Waals surface area contributed by atoms with Crippen LogP contribution in [-0.2, 0) is 9.53 Å². The van der Waals surface area contributed by atoms with Crippen molar-refractivity contribution in [3.8, 4) is 11.3 Å². The Kier molecular flexibility index (Phi) is 7.58. The van der Waals surface area contributed by atoms with Gasteiger partial charge in [0.2, 0.25) is 0 Å². The van der Waals surface area contributed by atoms with Crippen molar-refractivity contribution < 1.29 is 23.7 Å². The lowest BCUT2D eigenvalue weighted by Gasteiger charge is -2.12. The summed E-state index contributed by atoms with van der Waals surface area (Å²) in [6, 6.07) is 13.5. The summed E-state index contributed by atoms with van der Waals surface area (Å²) in [7, 11) is 0. The number of esters is 1. The van der Waals surface area contributed by atoms with Gasteiger partial charge in [-0.3, -0.25) is 19.8 Å². The maximum absolute atomic E-state index is 13.0. The van der Waals surface area contributed by atoms with Gasteiger partial charge in [-0.15, -0.1) is 0 Å². The standard InChI is InChI=1S/C27H25N3O6S/c1-5-29-25(31)24(37-27(29)28-20-9-7-8-18(13-20)26(32)35-6-2)15-21-10-11-23(36-21)19-12-16(3)17(4)22(14-19)30(33)34/h7-15H,5-6H2,1-4H3. The van der Waals surface area contributed by atoms with Crippen molar-refractivity contribution in [1.82, 2.24) is 4.90 Å². The van der Waals surface area contributed by atoms with E-state index in [-0.39, 0.29) is 18.2 Å². The fraction of sp³-hybridized carbons (Fsp3) is 0.222. The average molecular weight is 520 g/mol. The minimum absolute atomic E-state index is 0.0271. The summed E-state index contributed by atoms with van der Waals surface area (Å²) in [5, 5.41) is 11.9. The fourth-order valence-electron chi connectivity index (χ4n) is 3.78. The van der Waals surface area contributed by atoms with E-state index in [1.165, 1.54) is 17.8 Å². The first-order valence-corrected chi connectivity index (χ1v) is 12.5. The largest absolute Gasteiger partial charge is 0.462 e. The van der Waals surface area contributed by atoms with E-state index in [9.17, 15) is 19.7 Å². The normalized spacial score (nSPS) is 15.6. The third-order valence-corrected chi connectivity index (χ3v) is 6.81. The van der Waals surface area contributed by atoms with Gasteiger partial charge in [0.15, 0.2) is 5.17 Å². The quantitative estimate of drug-likeness (QED) is 0.156. The Labute approximate surface area is 218 Å². The van der Waals surface area contributed by atoms with Crippen molar-refractivity contribution in [2.75, 3.05) is 13.2 Å². The number of carbonyl (C=O) groups excluding carboxylic acids is 2. The maximum atomic E-state index is 13.0. The molecule has 3 aromatic rings. The molecule has 0 unspecified atom stereocenters. The summed E-state index contributed by atoms with van der Waals surface area (Å²) in [4.78, 5) is 42.7. The van der Waals surface area contributed by atoms with Crippen LogP contribution in [0.15, 0.2) is 62.8 Å². The molecule has 190 valence electrons. The number of aliphatic imine (C=N–C) groups is 1. The Bertz CT molecular complexity index is 1460. The second-order valence-corrected chi connectivity index (χ2v) is 9.23. The van der Waals surface area contributed by atoms with E-state index < -0.39 is 10.9 Å². The molecule has 1 fully saturated rings. The molecule has 0 spiro atoms. The molecule has 2 aromatic carbocycles. The molecular formula is C27H25N3O6S. The van der Waals surface area contributed by atoms with Gasteiger partial charge in [0.1, 0.15) is 11.5 Å². The van der Waals surface area contributed by atoms with Crippen LogP contribution < -0.4 is 0 Å². The molecule has 0 bridgehead atoms. The van der Waals surface area contributed by atoms with Crippen molar-refractivity contribution in [2.45, 2.75) is 27.7 Å². The Morgan fingerprint density at radius 3 is 2.68 bits per heavy atom. The van der Waals surface area contributed by atoms with Gasteiger partial charge in [0.25, 0.3) is 11.6 Å². The predicted octanol–water partition coefficient (Wildman–Crippen LogP) is 6.27. The molecule has 1 saturated heterocycles. The molecule has 0 N–H and O–H groups in total. The molecular weight excluding hydrogens is 494 g/mol. The summed E-state index contributed by atoms with van der Waals surface area (Å²) in [5.41, 5.74) is 2.91. The summed E-state index contributed by atoms with van der Waals surface area (Å²) >= 11 is 1.20. The van der Waals surface area contributed by atoms with E-state index in [0.717, 1.165) is 5.56 Å². The number of hydrogen-bond acceptors (Lipinski definition) is 8. The number of nitrogens with zero attached hydrogens (tertiary/aromatic N) is 3. The lowest BCUT2D eigenvalue weighted by molar-refractivity contribution is -0.385. The van der Waals surface area contributed by atoms with Crippen LogP contribution in [0.1, 0.15) is 41.1 Å². The second-order valence-electron chi connectivity index (χ2n) is 8.22. The highest BCUT2D eigenvalue weighted by Gasteiger charge is 2.32. The number of likely N-dealkylation sites (N-methyl/N-ethyl adjacent to an activating group) is 1. The topological polar surface area (TPSA) is 115 Å². The van der Waals surface area contributed by atoms with Crippen LogP contribution in [0.5, 0.6) is 0 Å². The highest BCUT2D eigenvalue weighted by atomic mass is 32.2.